The van der Waals surface area contributed by atoms with Gasteiger partial charge in [0.05, 0.1) is 19.7 Å². The van der Waals surface area contributed by atoms with Gasteiger partial charge in [-0.1, -0.05) is 18.6 Å². The van der Waals surface area contributed by atoms with Gasteiger partial charge >= 0.3 is 0 Å². The summed E-state index contributed by atoms with van der Waals surface area (Å²) in [5.74, 6) is 1.42. The number of thiophene rings is 1. The van der Waals surface area contributed by atoms with Gasteiger partial charge in [0.1, 0.15) is 23.4 Å². The topological polar surface area (TPSA) is 66.6 Å². The molecule has 0 bridgehead atoms. The van der Waals surface area contributed by atoms with Gasteiger partial charge in [0.2, 0.25) is 0 Å². The van der Waals surface area contributed by atoms with Crippen molar-refractivity contribution < 1.29 is 14.4 Å². The summed E-state index contributed by atoms with van der Waals surface area (Å²) in [6.45, 7) is 5.32. The normalized spacial score (nSPS) is 16.8. The molecule has 0 saturated heterocycles. The maximum atomic E-state index is 12.6. The second kappa shape index (κ2) is 8.76. The molecule has 1 aliphatic rings. The Bertz CT molecular complexity index is 913. The van der Waals surface area contributed by atoms with E-state index in [2.05, 4.69) is 24.4 Å². The van der Waals surface area contributed by atoms with Crippen molar-refractivity contribution in [2.75, 3.05) is 26.0 Å². The number of nitriles is 1. The van der Waals surface area contributed by atoms with Crippen LogP contribution in [-0.4, -0.2) is 26.6 Å². The van der Waals surface area contributed by atoms with Gasteiger partial charge in [-0.05, 0) is 49.8 Å². The molecule has 3 rings (SSSR count). The monoisotopic (exact) mass is 398 g/mol. The van der Waals surface area contributed by atoms with E-state index >= 15 is 0 Å². The maximum Gasteiger partial charge on any atom is 0.280 e. The summed E-state index contributed by atoms with van der Waals surface area (Å²) < 4.78 is 5.44. The van der Waals surface area contributed by atoms with Gasteiger partial charge in [0, 0.05) is 10.4 Å². The van der Waals surface area contributed by atoms with Crippen LogP contribution in [0.4, 0.5) is 5.00 Å². The van der Waals surface area contributed by atoms with Crippen molar-refractivity contribution in [3.8, 4) is 11.8 Å². The van der Waals surface area contributed by atoms with Crippen LogP contribution in [0.25, 0.3) is 0 Å². The Morgan fingerprint density at radius 2 is 2.25 bits per heavy atom. The third kappa shape index (κ3) is 4.54. The molecule has 0 fully saturated rings. The first kappa shape index (κ1) is 20.4. The third-order valence-electron chi connectivity index (χ3n) is 5.27. The van der Waals surface area contributed by atoms with Crippen molar-refractivity contribution >= 4 is 22.2 Å². The lowest BCUT2D eigenvalue weighted by Gasteiger charge is -2.17. The number of nitrogens with zero attached hydrogens (tertiary/aromatic N) is 1. The van der Waals surface area contributed by atoms with E-state index < -0.39 is 0 Å². The number of ether oxygens (including phenoxy) is 1. The number of aryl methyl sites for hydroxylation is 1. The minimum atomic E-state index is -0.0627. The molecule has 1 unspecified atom stereocenters. The largest absolute Gasteiger partial charge is 0.496 e. The van der Waals surface area contributed by atoms with Crippen LogP contribution >= 0.6 is 11.3 Å². The second-order valence-electron chi connectivity index (χ2n) is 7.84. The second-order valence-corrected chi connectivity index (χ2v) is 8.95. The van der Waals surface area contributed by atoms with Crippen LogP contribution in [0.2, 0.25) is 0 Å². The van der Waals surface area contributed by atoms with E-state index in [1.807, 2.05) is 26.1 Å². The number of nitrogens with one attached hydrogen (secondary N) is 2. The zero-order chi connectivity index (χ0) is 20.3. The van der Waals surface area contributed by atoms with Gasteiger partial charge in [-0.25, -0.2) is 0 Å². The SMILES string of the molecule is COc1ccc(C)cc1C[NH+](C)CC(=O)Nc1sc2c(c1C#N)CC[C@H](C)C2. The molecule has 0 aliphatic heterocycles. The van der Waals surface area contributed by atoms with Crippen molar-refractivity contribution in [1.82, 2.24) is 0 Å². The Hall–Kier alpha value is -2.36. The highest BCUT2D eigenvalue weighted by Crippen LogP contribution is 2.39. The highest BCUT2D eigenvalue weighted by molar-refractivity contribution is 7.16. The van der Waals surface area contributed by atoms with Crippen molar-refractivity contribution in [3.63, 3.8) is 0 Å². The molecular formula is C22H28N3O2S+. The number of amides is 1. The molecule has 5 nitrogen and oxygen atoms in total. The smallest absolute Gasteiger partial charge is 0.280 e. The van der Waals surface area contributed by atoms with E-state index in [9.17, 15) is 10.1 Å². The zero-order valence-electron chi connectivity index (χ0n) is 17.0. The average molecular weight is 399 g/mol. The molecule has 2 N–H and O–H groups in total. The minimum absolute atomic E-state index is 0.0627. The molecule has 6 heteroatoms. The van der Waals surface area contributed by atoms with Crippen molar-refractivity contribution in [2.24, 2.45) is 5.92 Å². The van der Waals surface area contributed by atoms with Crippen LogP contribution in [0.5, 0.6) is 5.75 Å². The van der Waals surface area contributed by atoms with E-state index in [4.69, 9.17) is 4.74 Å². The number of hydrogen-bond donors (Lipinski definition) is 2. The van der Waals surface area contributed by atoms with E-state index in [0.717, 1.165) is 41.0 Å². The molecule has 1 amide bonds. The number of carbonyl (C=O) groups is 1. The molecule has 0 radical (unpaired) electrons. The molecular weight excluding hydrogens is 370 g/mol. The number of quaternary nitrogens is 1. The molecule has 2 aromatic rings. The quantitative estimate of drug-likeness (QED) is 0.786. The number of methoxy groups -OCH3 is 1. The summed E-state index contributed by atoms with van der Waals surface area (Å²) in [5, 5.41) is 13.3. The van der Waals surface area contributed by atoms with Crippen molar-refractivity contribution in [3.05, 3.63) is 45.3 Å². The molecule has 1 heterocycles. The number of rotatable bonds is 6. The summed E-state index contributed by atoms with van der Waals surface area (Å²) in [6.07, 6.45) is 3.05. The van der Waals surface area contributed by atoms with Gasteiger partial charge in [-0.15, -0.1) is 11.3 Å². The third-order valence-corrected chi connectivity index (χ3v) is 6.44. The van der Waals surface area contributed by atoms with Gasteiger partial charge in [-0.2, -0.15) is 5.26 Å². The van der Waals surface area contributed by atoms with Crippen LogP contribution < -0.4 is 15.0 Å². The summed E-state index contributed by atoms with van der Waals surface area (Å²) in [4.78, 5) is 14.9. The highest BCUT2D eigenvalue weighted by Gasteiger charge is 2.25. The number of fused-ring (bicyclic) bond motifs is 1. The Kier molecular flexibility index (Phi) is 6.38. The first-order valence-electron chi connectivity index (χ1n) is 9.70. The predicted octanol–water partition coefficient (Wildman–Crippen LogP) is 2.72. The maximum absolute atomic E-state index is 12.6. The highest BCUT2D eigenvalue weighted by atomic mass is 32.1. The fourth-order valence-corrected chi connectivity index (χ4v) is 5.21. The van der Waals surface area contributed by atoms with Crippen LogP contribution in [0, 0.1) is 24.2 Å². The number of hydrogen-bond acceptors (Lipinski definition) is 4. The predicted molar refractivity (Wildman–Crippen MR) is 112 cm³/mol. The van der Waals surface area contributed by atoms with Crippen LogP contribution in [0.15, 0.2) is 18.2 Å². The summed E-state index contributed by atoms with van der Waals surface area (Å²) in [6, 6.07) is 8.40. The van der Waals surface area contributed by atoms with E-state index in [1.165, 1.54) is 10.4 Å². The summed E-state index contributed by atoms with van der Waals surface area (Å²) in [7, 11) is 3.66. The lowest BCUT2D eigenvalue weighted by atomic mass is 9.89. The standard InChI is InChI=1S/C22H27N3O2S/c1-14-6-8-19(27-4)16(9-14)12-25(3)13-21(26)24-22-18(11-23)17-7-5-15(2)10-20(17)28-22/h6,8-9,15H,5,7,10,12-13H2,1-4H3,(H,24,26)/p+1/t15-/m0/s1. The zero-order valence-corrected chi connectivity index (χ0v) is 17.8. The molecule has 2 atom stereocenters. The average Bonchev–Trinajstić information content (AvgIpc) is 2.97. The first-order valence-corrected chi connectivity index (χ1v) is 10.5. The lowest BCUT2D eigenvalue weighted by Crippen LogP contribution is -3.08. The summed E-state index contributed by atoms with van der Waals surface area (Å²) in [5.41, 5.74) is 4.07. The van der Waals surface area contributed by atoms with E-state index in [-0.39, 0.29) is 5.91 Å². The lowest BCUT2D eigenvalue weighted by molar-refractivity contribution is -0.885. The van der Waals surface area contributed by atoms with Crippen molar-refractivity contribution in [1.29, 1.82) is 5.26 Å². The molecule has 148 valence electrons. The molecule has 28 heavy (non-hydrogen) atoms. The van der Waals surface area contributed by atoms with Gasteiger partial charge < -0.3 is 15.0 Å². The van der Waals surface area contributed by atoms with E-state index in [1.54, 1.807) is 18.4 Å². The number of likely N-dealkylation sites (N-methyl/N-ethyl adjacent to an activating group) is 1. The van der Waals surface area contributed by atoms with Gasteiger partial charge in [0.15, 0.2) is 6.54 Å². The van der Waals surface area contributed by atoms with E-state index in [0.29, 0.717) is 29.6 Å². The molecule has 1 aromatic heterocycles. The molecule has 0 saturated carbocycles. The Labute approximate surface area is 170 Å². The Balaban J connectivity index is 1.66. The van der Waals surface area contributed by atoms with Gasteiger partial charge in [-0.3, -0.25) is 4.79 Å². The first-order chi connectivity index (χ1) is 13.4. The van der Waals surface area contributed by atoms with Crippen LogP contribution in [-0.2, 0) is 24.2 Å². The van der Waals surface area contributed by atoms with Crippen LogP contribution in [0.1, 0.15) is 40.5 Å². The molecule has 0 spiro atoms. The Morgan fingerprint density at radius 3 is 2.96 bits per heavy atom. The molecule has 1 aliphatic carbocycles. The minimum Gasteiger partial charge on any atom is -0.496 e. The Morgan fingerprint density at radius 1 is 1.46 bits per heavy atom. The van der Waals surface area contributed by atoms with Crippen molar-refractivity contribution in [2.45, 2.75) is 39.7 Å². The van der Waals surface area contributed by atoms with Crippen LogP contribution in [0.3, 0.4) is 0 Å². The number of benzene rings is 1. The number of carbonyl (C=O) groups excluding carboxylic acids is 1. The number of anilines is 1. The summed E-state index contributed by atoms with van der Waals surface area (Å²) >= 11 is 1.57. The fourth-order valence-electron chi connectivity index (χ4n) is 3.84. The van der Waals surface area contributed by atoms with Gasteiger partial charge in [0.25, 0.3) is 5.91 Å². The molecule has 1 aromatic carbocycles. The fraction of sp³-hybridized carbons (Fsp3) is 0.455.